The molecule has 0 radical (unpaired) electrons. The topological polar surface area (TPSA) is 59.4 Å². The molecule has 5 rings (SSSR count). The molecule has 1 heterocycles. The minimum atomic E-state index is -0.951. The Morgan fingerprint density at radius 1 is 1.00 bits per heavy atom. The SMILES string of the molecule is COc1ccc(/C(=C(\c2ccc(/C=C/C(=O)O)cc2)c2ccc3scnc3c2)C2CCC2)cc1. The summed E-state index contributed by atoms with van der Waals surface area (Å²) in [6.45, 7) is 0. The Labute approximate surface area is 202 Å². The van der Waals surface area contributed by atoms with Gasteiger partial charge in [0.25, 0.3) is 0 Å². The van der Waals surface area contributed by atoms with Crippen molar-refractivity contribution in [2.45, 2.75) is 19.3 Å². The summed E-state index contributed by atoms with van der Waals surface area (Å²) >= 11 is 1.65. The van der Waals surface area contributed by atoms with Gasteiger partial charge in [-0.3, -0.25) is 0 Å². The van der Waals surface area contributed by atoms with E-state index in [2.05, 4.69) is 47.4 Å². The second-order valence-electron chi connectivity index (χ2n) is 8.47. The van der Waals surface area contributed by atoms with E-state index in [4.69, 9.17) is 9.84 Å². The zero-order valence-corrected chi connectivity index (χ0v) is 19.7. The van der Waals surface area contributed by atoms with Crippen LogP contribution in [-0.2, 0) is 4.79 Å². The van der Waals surface area contributed by atoms with Crippen LogP contribution in [0.25, 0.3) is 27.4 Å². The van der Waals surface area contributed by atoms with Crippen LogP contribution in [0.4, 0.5) is 0 Å². The van der Waals surface area contributed by atoms with E-state index in [0.717, 1.165) is 28.0 Å². The molecular weight excluding hydrogens is 442 g/mol. The summed E-state index contributed by atoms with van der Waals surface area (Å²) in [5.74, 6) is 0.380. The highest BCUT2D eigenvalue weighted by Crippen LogP contribution is 2.45. The van der Waals surface area contributed by atoms with E-state index in [1.54, 1.807) is 24.5 Å². The standard InChI is InChI=1S/C29H25NO3S/c1-33-24-13-10-22(11-14-24)28(20-3-2-4-20)29(23-12-15-26-25(17-23)30-18-34-26)21-8-5-19(6-9-21)7-16-27(31)32/h5-18,20H,2-4H2,1H3,(H,31,32)/b16-7+,29-28+. The van der Waals surface area contributed by atoms with Gasteiger partial charge in [-0.2, -0.15) is 0 Å². The molecule has 0 spiro atoms. The summed E-state index contributed by atoms with van der Waals surface area (Å²) in [5.41, 5.74) is 9.76. The highest BCUT2D eigenvalue weighted by atomic mass is 32.1. The number of carboxylic acid groups (broad SMARTS) is 1. The molecule has 1 aromatic heterocycles. The van der Waals surface area contributed by atoms with E-state index in [-0.39, 0.29) is 0 Å². The minimum Gasteiger partial charge on any atom is -0.497 e. The number of thiazole rings is 1. The molecule has 4 nitrogen and oxygen atoms in total. The maximum Gasteiger partial charge on any atom is 0.328 e. The molecule has 4 aromatic rings. The smallest absolute Gasteiger partial charge is 0.328 e. The third-order valence-electron chi connectivity index (χ3n) is 6.42. The fourth-order valence-electron chi connectivity index (χ4n) is 4.47. The Balaban J connectivity index is 1.71. The van der Waals surface area contributed by atoms with Crippen molar-refractivity contribution in [2.75, 3.05) is 7.11 Å². The molecule has 1 saturated carbocycles. The lowest BCUT2D eigenvalue weighted by molar-refractivity contribution is -0.131. The number of rotatable bonds is 7. The van der Waals surface area contributed by atoms with Crippen molar-refractivity contribution in [1.29, 1.82) is 0 Å². The van der Waals surface area contributed by atoms with E-state index in [1.807, 2.05) is 29.8 Å². The molecular formula is C29H25NO3S. The molecule has 0 amide bonds. The first-order valence-corrected chi connectivity index (χ1v) is 12.2. The number of nitrogens with zero attached hydrogens (tertiary/aromatic N) is 1. The fourth-order valence-corrected chi connectivity index (χ4v) is 5.13. The van der Waals surface area contributed by atoms with Crippen molar-refractivity contribution in [3.63, 3.8) is 0 Å². The van der Waals surface area contributed by atoms with Gasteiger partial charge in [-0.05, 0) is 82.5 Å². The van der Waals surface area contributed by atoms with Crippen molar-refractivity contribution >= 4 is 44.7 Å². The molecule has 0 unspecified atom stereocenters. The number of methoxy groups -OCH3 is 1. The molecule has 5 heteroatoms. The highest BCUT2D eigenvalue weighted by Gasteiger charge is 2.27. The monoisotopic (exact) mass is 467 g/mol. The number of hydrogen-bond acceptors (Lipinski definition) is 4. The van der Waals surface area contributed by atoms with Gasteiger partial charge in [0, 0.05) is 6.08 Å². The number of aromatic nitrogens is 1. The van der Waals surface area contributed by atoms with Crippen LogP contribution in [-0.4, -0.2) is 23.2 Å². The molecule has 1 aliphatic carbocycles. The lowest BCUT2D eigenvalue weighted by atomic mass is 9.73. The van der Waals surface area contributed by atoms with E-state index in [9.17, 15) is 4.79 Å². The zero-order valence-electron chi connectivity index (χ0n) is 18.9. The Hall–Kier alpha value is -3.70. The van der Waals surface area contributed by atoms with Crippen LogP contribution in [0.2, 0.25) is 0 Å². The van der Waals surface area contributed by atoms with E-state index >= 15 is 0 Å². The van der Waals surface area contributed by atoms with Crippen LogP contribution in [0.15, 0.2) is 78.3 Å². The van der Waals surface area contributed by atoms with E-state index < -0.39 is 5.97 Å². The first-order valence-electron chi connectivity index (χ1n) is 11.4. The van der Waals surface area contributed by atoms with Gasteiger partial charge in [0.15, 0.2) is 0 Å². The lowest BCUT2D eigenvalue weighted by Crippen LogP contribution is -2.15. The number of aliphatic carboxylic acids is 1. The Morgan fingerprint density at radius 2 is 1.71 bits per heavy atom. The van der Waals surface area contributed by atoms with Gasteiger partial charge in [0.1, 0.15) is 5.75 Å². The average Bonchev–Trinajstić information content (AvgIpc) is 3.30. The number of hydrogen-bond donors (Lipinski definition) is 1. The van der Waals surface area contributed by atoms with Crippen LogP contribution in [0.5, 0.6) is 5.75 Å². The Morgan fingerprint density at radius 3 is 2.35 bits per heavy atom. The van der Waals surface area contributed by atoms with Crippen molar-refractivity contribution in [3.05, 3.63) is 101 Å². The highest BCUT2D eigenvalue weighted by molar-refractivity contribution is 7.16. The van der Waals surface area contributed by atoms with Crippen LogP contribution in [0.1, 0.15) is 41.5 Å². The summed E-state index contributed by atoms with van der Waals surface area (Å²) in [6.07, 6.45) is 6.36. The van der Waals surface area contributed by atoms with Gasteiger partial charge < -0.3 is 9.84 Å². The first kappa shape index (κ1) is 22.1. The van der Waals surface area contributed by atoms with Crippen LogP contribution >= 0.6 is 11.3 Å². The summed E-state index contributed by atoms with van der Waals surface area (Å²) in [4.78, 5) is 15.5. The molecule has 1 N–H and O–H groups in total. The molecule has 0 atom stereocenters. The number of ether oxygens (including phenoxy) is 1. The summed E-state index contributed by atoms with van der Waals surface area (Å²) in [5, 5.41) is 8.96. The molecule has 1 aliphatic rings. The summed E-state index contributed by atoms with van der Waals surface area (Å²) < 4.78 is 6.57. The lowest BCUT2D eigenvalue weighted by Gasteiger charge is -2.31. The van der Waals surface area contributed by atoms with Gasteiger partial charge in [-0.25, -0.2) is 9.78 Å². The van der Waals surface area contributed by atoms with Gasteiger partial charge in [0.05, 0.1) is 22.8 Å². The second kappa shape index (κ2) is 9.65. The number of carboxylic acids is 1. The third-order valence-corrected chi connectivity index (χ3v) is 7.23. The predicted molar refractivity (Wildman–Crippen MR) is 139 cm³/mol. The molecule has 1 fully saturated rings. The van der Waals surface area contributed by atoms with Crippen molar-refractivity contribution in [3.8, 4) is 5.75 Å². The van der Waals surface area contributed by atoms with E-state index in [1.165, 1.54) is 46.7 Å². The normalized spacial score (nSPS) is 14.7. The van der Waals surface area contributed by atoms with Crippen LogP contribution in [0.3, 0.4) is 0 Å². The Kier molecular flexibility index (Phi) is 6.28. The summed E-state index contributed by atoms with van der Waals surface area (Å²) in [6, 6.07) is 23.0. The van der Waals surface area contributed by atoms with Gasteiger partial charge in [-0.15, -0.1) is 11.3 Å². The number of allylic oxidation sites excluding steroid dienone is 1. The quantitative estimate of drug-likeness (QED) is 0.231. The van der Waals surface area contributed by atoms with Crippen molar-refractivity contribution in [2.24, 2.45) is 5.92 Å². The third kappa shape index (κ3) is 4.52. The molecule has 3 aromatic carbocycles. The molecule has 0 saturated heterocycles. The Bertz CT molecular complexity index is 1380. The van der Waals surface area contributed by atoms with Crippen LogP contribution in [0, 0.1) is 5.92 Å². The number of carbonyl (C=O) groups is 1. The number of fused-ring (bicyclic) bond motifs is 1. The fraction of sp³-hybridized carbons (Fsp3) is 0.172. The van der Waals surface area contributed by atoms with Crippen molar-refractivity contribution in [1.82, 2.24) is 4.98 Å². The molecule has 34 heavy (non-hydrogen) atoms. The first-order chi connectivity index (χ1) is 16.6. The average molecular weight is 468 g/mol. The van der Waals surface area contributed by atoms with Gasteiger partial charge >= 0.3 is 5.97 Å². The molecule has 0 bridgehead atoms. The second-order valence-corrected chi connectivity index (χ2v) is 9.36. The molecule has 0 aliphatic heterocycles. The van der Waals surface area contributed by atoms with Crippen LogP contribution < -0.4 is 4.74 Å². The van der Waals surface area contributed by atoms with Crippen molar-refractivity contribution < 1.29 is 14.6 Å². The minimum absolute atomic E-state index is 0.487. The maximum atomic E-state index is 10.9. The number of benzene rings is 3. The molecule has 170 valence electrons. The van der Waals surface area contributed by atoms with Gasteiger partial charge in [0.2, 0.25) is 0 Å². The zero-order chi connectivity index (χ0) is 23.5. The van der Waals surface area contributed by atoms with Gasteiger partial charge in [-0.1, -0.05) is 48.9 Å². The predicted octanol–water partition coefficient (Wildman–Crippen LogP) is 7.16. The summed E-state index contributed by atoms with van der Waals surface area (Å²) in [7, 11) is 1.69. The maximum absolute atomic E-state index is 10.9. The van der Waals surface area contributed by atoms with E-state index in [0.29, 0.717) is 5.92 Å². The largest absolute Gasteiger partial charge is 0.497 e.